The lowest BCUT2D eigenvalue weighted by Crippen LogP contribution is -2.05. The molecule has 0 aliphatic carbocycles. The van der Waals surface area contributed by atoms with Crippen molar-refractivity contribution in [2.75, 3.05) is 7.11 Å². The van der Waals surface area contributed by atoms with E-state index in [4.69, 9.17) is 14.0 Å². The number of hydrogen-bond donors (Lipinski definition) is 0. The van der Waals surface area contributed by atoms with Crippen molar-refractivity contribution in [3.8, 4) is 27.0 Å². The maximum Gasteiger partial charge on any atom is 0.358 e. The van der Waals surface area contributed by atoms with Gasteiger partial charge in [0.15, 0.2) is 12.3 Å². The number of methoxy groups -OCH3 is 1. The molecule has 3 heterocycles. The quantitative estimate of drug-likeness (QED) is 0.447. The average Bonchev–Trinajstić information content (AvgIpc) is 3.47. The first-order chi connectivity index (χ1) is 13.2. The van der Waals surface area contributed by atoms with Crippen LogP contribution in [-0.4, -0.2) is 28.2 Å². The first-order valence-electron chi connectivity index (χ1n) is 7.86. The van der Waals surface area contributed by atoms with E-state index >= 15 is 0 Å². The number of carbonyl (C=O) groups excluding carboxylic acids is 1. The van der Waals surface area contributed by atoms with Crippen molar-refractivity contribution in [1.29, 1.82) is 0 Å². The van der Waals surface area contributed by atoms with E-state index < -0.39 is 5.97 Å². The van der Waals surface area contributed by atoms with E-state index in [1.54, 1.807) is 29.9 Å². The SMILES string of the molecule is COc1cccc(-c2noc(COC(=O)c3csc(-c4cccs4)n3)n2)c1. The van der Waals surface area contributed by atoms with Crippen LogP contribution in [0.25, 0.3) is 21.3 Å². The molecular formula is C18H13N3O4S2. The zero-order valence-electron chi connectivity index (χ0n) is 14.1. The van der Waals surface area contributed by atoms with Crippen molar-refractivity contribution in [2.45, 2.75) is 6.61 Å². The van der Waals surface area contributed by atoms with E-state index in [1.807, 2.05) is 35.7 Å². The van der Waals surface area contributed by atoms with Gasteiger partial charge in [-0.1, -0.05) is 23.4 Å². The van der Waals surface area contributed by atoms with Gasteiger partial charge in [0.05, 0.1) is 12.0 Å². The van der Waals surface area contributed by atoms with Crippen molar-refractivity contribution in [2.24, 2.45) is 0 Å². The molecule has 0 fully saturated rings. The molecule has 0 aliphatic rings. The standard InChI is InChI=1S/C18H13N3O4S2/c1-23-12-5-2-4-11(8-12)16-20-15(25-21-16)9-24-18(22)13-10-27-17(19-13)14-6-3-7-26-14/h2-8,10H,9H2,1H3. The second kappa shape index (κ2) is 7.68. The van der Waals surface area contributed by atoms with E-state index in [1.165, 1.54) is 11.3 Å². The van der Waals surface area contributed by atoms with Gasteiger partial charge >= 0.3 is 5.97 Å². The molecule has 7 nitrogen and oxygen atoms in total. The molecule has 0 unspecified atom stereocenters. The first kappa shape index (κ1) is 17.4. The summed E-state index contributed by atoms with van der Waals surface area (Å²) in [7, 11) is 1.59. The summed E-state index contributed by atoms with van der Waals surface area (Å²) in [4.78, 5) is 21.7. The van der Waals surface area contributed by atoms with Crippen LogP contribution in [0.2, 0.25) is 0 Å². The third-order valence-electron chi connectivity index (χ3n) is 3.57. The molecule has 136 valence electrons. The zero-order chi connectivity index (χ0) is 18.6. The Morgan fingerprint density at radius 2 is 2.11 bits per heavy atom. The summed E-state index contributed by atoms with van der Waals surface area (Å²) in [6.07, 6.45) is 0. The Bertz CT molecular complexity index is 1060. The van der Waals surface area contributed by atoms with Crippen LogP contribution < -0.4 is 4.74 Å². The lowest BCUT2D eigenvalue weighted by atomic mass is 10.2. The summed E-state index contributed by atoms with van der Waals surface area (Å²) in [6, 6.07) is 11.2. The number of hydrogen-bond acceptors (Lipinski definition) is 9. The molecule has 0 amide bonds. The third-order valence-corrected chi connectivity index (χ3v) is 5.45. The van der Waals surface area contributed by atoms with E-state index in [0.717, 1.165) is 15.4 Å². The van der Waals surface area contributed by atoms with Gasteiger partial charge < -0.3 is 14.0 Å². The first-order valence-corrected chi connectivity index (χ1v) is 9.62. The highest BCUT2D eigenvalue weighted by atomic mass is 32.1. The molecule has 0 saturated carbocycles. The number of benzene rings is 1. The molecule has 0 saturated heterocycles. The molecule has 3 aromatic heterocycles. The highest BCUT2D eigenvalue weighted by Crippen LogP contribution is 2.28. The highest BCUT2D eigenvalue weighted by molar-refractivity contribution is 7.20. The normalized spacial score (nSPS) is 10.7. The van der Waals surface area contributed by atoms with Gasteiger partial charge in [0.1, 0.15) is 10.8 Å². The molecule has 4 aromatic rings. The average molecular weight is 399 g/mol. The lowest BCUT2D eigenvalue weighted by Gasteiger charge is -2.00. The largest absolute Gasteiger partial charge is 0.497 e. The predicted octanol–water partition coefficient (Wildman–Crippen LogP) is 4.29. The monoisotopic (exact) mass is 399 g/mol. The van der Waals surface area contributed by atoms with Crippen molar-refractivity contribution in [1.82, 2.24) is 15.1 Å². The van der Waals surface area contributed by atoms with E-state index in [2.05, 4.69) is 15.1 Å². The van der Waals surface area contributed by atoms with Crippen molar-refractivity contribution < 1.29 is 18.8 Å². The van der Waals surface area contributed by atoms with Crippen molar-refractivity contribution in [3.63, 3.8) is 0 Å². The number of carbonyl (C=O) groups is 1. The maximum atomic E-state index is 12.2. The van der Waals surface area contributed by atoms with E-state index in [9.17, 15) is 4.79 Å². The molecule has 0 N–H and O–H groups in total. The van der Waals surface area contributed by atoms with Crippen LogP contribution >= 0.6 is 22.7 Å². The fraction of sp³-hybridized carbons (Fsp3) is 0.111. The fourth-order valence-corrected chi connectivity index (χ4v) is 3.88. The summed E-state index contributed by atoms with van der Waals surface area (Å²) in [5.41, 5.74) is 1.01. The van der Waals surface area contributed by atoms with Gasteiger partial charge in [-0.2, -0.15) is 4.98 Å². The molecule has 4 rings (SSSR count). The number of thiazole rings is 1. The number of nitrogens with zero attached hydrogens (tertiary/aromatic N) is 3. The van der Waals surface area contributed by atoms with E-state index in [-0.39, 0.29) is 18.2 Å². The second-order valence-corrected chi connectivity index (χ2v) is 7.14. The van der Waals surface area contributed by atoms with Crippen molar-refractivity contribution in [3.05, 3.63) is 58.7 Å². The Kier molecular flexibility index (Phi) is 4.95. The number of ether oxygens (including phenoxy) is 2. The topological polar surface area (TPSA) is 87.3 Å². The van der Waals surface area contributed by atoms with Gasteiger partial charge in [0.25, 0.3) is 5.89 Å². The summed E-state index contributed by atoms with van der Waals surface area (Å²) in [6.45, 7) is -0.123. The predicted molar refractivity (Wildman–Crippen MR) is 101 cm³/mol. The molecule has 1 aromatic carbocycles. The minimum atomic E-state index is -0.532. The zero-order valence-corrected chi connectivity index (χ0v) is 15.8. The van der Waals surface area contributed by atoms with Gasteiger partial charge in [-0.15, -0.1) is 22.7 Å². The second-order valence-electron chi connectivity index (χ2n) is 5.34. The molecular weight excluding hydrogens is 386 g/mol. The number of rotatable bonds is 6. The molecule has 0 aliphatic heterocycles. The summed E-state index contributed by atoms with van der Waals surface area (Å²) >= 11 is 2.97. The summed E-state index contributed by atoms with van der Waals surface area (Å²) in [5, 5.41) is 8.33. The molecule has 0 radical (unpaired) electrons. The van der Waals surface area contributed by atoms with Gasteiger partial charge in [-0.05, 0) is 23.6 Å². The fourth-order valence-electron chi connectivity index (χ4n) is 2.28. The van der Waals surface area contributed by atoms with Crippen LogP contribution in [0.4, 0.5) is 0 Å². The summed E-state index contributed by atoms with van der Waals surface area (Å²) in [5.74, 6) is 0.758. The van der Waals surface area contributed by atoms with Gasteiger partial charge in [0, 0.05) is 10.9 Å². The summed E-state index contributed by atoms with van der Waals surface area (Å²) < 4.78 is 15.6. The Hall–Kier alpha value is -3.04. The van der Waals surface area contributed by atoms with Gasteiger partial charge in [0.2, 0.25) is 5.82 Å². The van der Waals surface area contributed by atoms with Gasteiger partial charge in [-0.25, -0.2) is 9.78 Å². The van der Waals surface area contributed by atoms with Crippen LogP contribution in [0.5, 0.6) is 5.75 Å². The van der Waals surface area contributed by atoms with Crippen LogP contribution in [0.3, 0.4) is 0 Å². The van der Waals surface area contributed by atoms with Crippen LogP contribution in [-0.2, 0) is 11.3 Å². The minimum absolute atomic E-state index is 0.123. The molecule has 0 spiro atoms. The van der Waals surface area contributed by atoms with Crippen molar-refractivity contribution >= 4 is 28.6 Å². The third kappa shape index (κ3) is 3.88. The Balaban J connectivity index is 1.40. The molecule has 9 heteroatoms. The Labute approximate surface area is 162 Å². The molecule has 27 heavy (non-hydrogen) atoms. The van der Waals surface area contributed by atoms with Crippen LogP contribution in [0.1, 0.15) is 16.4 Å². The maximum absolute atomic E-state index is 12.2. The smallest absolute Gasteiger partial charge is 0.358 e. The molecule has 0 bridgehead atoms. The molecule has 0 atom stereocenters. The van der Waals surface area contributed by atoms with Crippen LogP contribution in [0.15, 0.2) is 51.7 Å². The Morgan fingerprint density at radius 3 is 2.93 bits per heavy atom. The number of aromatic nitrogens is 3. The van der Waals surface area contributed by atoms with Crippen LogP contribution in [0, 0.1) is 0 Å². The Morgan fingerprint density at radius 1 is 1.19 bits per heavy atom. The number of esters is 1. The lowest BCUT2D eigenvalue weighted by molar-refractivity contribution is 0.0424. The van der Waals surface area contributed by atoms with E-state index in [0.29, 0.717) is 11.6 Å². The number of thiophene rings is 1. The highest BCUT2D eigenvalue weighted by Gasteiger charge is 2.16. The van der Waals surface area contributed by atoms with Gasteiger partial charge in [-0.3, -0.25) is 0 Å². The minimum Gasteiger partial charge on any atom is -0.497 e.